The van der Waals surface area contributed by atoms with Crippen LogP contribution >= 0.6 is 0 Å². The molecule has 1 atom stereocenters. The van der Waals surface area contributed by atoms with Crippen LogP contribution in [-0.2, 0) is 13.5 Å². The van der Waals surface area contributed by atoms with Crippen LogP contribution in [0.4, 0.5) is 0 Å². The number of piperazine rings is 1. The molecular weight excluding hydrogens is 298 g/mol. The number of hydrogen-bond acceptors (Lipinski definition) is 4. The van der Waals surface area contributed by atoms with E-state index in [2.05, 4.69) is 27.2 Å². The minimum Gasteiger partial charge on any atom is -0.301 e. The molecule has 1 aromatic heterocycles. The van der Waals surface area contributed by atoms with Gasteiger partial charge in [0.15, 0.2) is 0 Å². The highest BCUT2D eigenvalue weighted by molar-refractivity contribution is 5.24. The van der Waals surface area contributed by atoms with E-state index in [1.54, 1.807) is 0 Å². The minimum absolute atomic E-state index is 0.122. The highest BCUT2D eigenvalue weighted by atomic mass is 15.3. The quantitative estimate of drug-likeness (QED) is 0.818. The second kappa shape index (κ2) is 8.09. The van der Waals surface area contributed by atoms with Gasteiger partial charge in [0.1, 0.15) is 6.04 Å². The Bertz CT molecular complexity index is 665. The highest BCUT2D eigenvalue weighted by Gasteiger charge is 2.24. The Balaban J connectivity index is 1.44. The summed E-state index contributed by atoms with van der Waals surface area (Å²) >= 11 is 0. The number of nitrogens with zero attached hydrogens (tertiary/aromatic N) is 5. The molecule has 1 aliphatic rings. The summed E-state index contributed by atoms with van der Waals surface area (Å²) in [5.41, 5.74) is 2.41. The lowest BCUT2D eigenvalue weighted by atomic mass is 10.1. The van der Waals surface area contributed by atoms with Gasteiger partial charge in [-0.25, -0.2) is 0 Å². The van der Waals surface area contributed by atoms with Gasteiger partial charge < -0.3 is 4.90 Å². The molecule has 0 spiro atoms. The van der Waals surface area contributed by atoms with Crippen molar-refractivity contribution < 1.29 is 0 Å². The number of benzene rings is 1. The van der Waals surface area contributed by atoms with Crippen molar-refractivity contribution in [3.05, 3.63) is 53.9 Å². The molecule has 0 saturated carbocycles. The van der Waals surface area contributed by atoms with Crippen molar-refractivity contribution in [2.75, 3.05) is 32.7 Å². The van der Waals surface area contributed by atoms with Crippen molar-refractivity contribution in [2.45, 2.75) is 18.9 Å². The van der Waals surface area contributed by atoms with Gasteiger partial charge in [-0.2, -0.15) is 10.4 Å². The maximum absolute atomic E-state index is 9.55. The van der Waals surface area contributed by atoms with E-state index in [9.17, 15) is 5.26 Å². The third-order valence-corrected chi connectivity index (χ3v) is 4.71. The molecule has 0 amide bonds. The molecular formula is C19H25N5. The third kappa shape index (κ3) is 4.22. The van der Waals surface area contributed by atoms with E-state index in [4.69, 9.17) is 0 Å². The fraction of sp³-hybridized carbons (Fsp3) is 0.474. The number of hydrogen-bond donors (Lipinski definition) is 0. The predicted octanol–water partition coefficient (Wildman–Crippen LogP) is 2.24. The first-order valence-electron chi connectivity index (χ1n) is 8.65. The van der Waals surface area contributed by atoms with Crippen molar-refractivity contribution >= 4 is 0 Å². The van der Waals surface area contributed by atoms with Crippen molar-refractivity contribution in [2.24, 2.45) is 7.05 Å². The van der Waals surface area contributed by atoms with E-state index in [0.717, 1.165) is 51.1 Å². The van der Waals surface area contributed by atoms with Crippen LogP contribution < -0.4 is 0 Å². The van der Waals surface area contributed by atoms with E-state index in [0.29, 0.717) is 0 Å². The van der Waals surface area contributed by atoms with Gasteiger partial charge in [0.25, 0.3) is 0 Å². The van der Waals surface area contributed by atoms with E-state index < -0.39 is 0 Å². The van der Waals surface area contributed by atoms with E-state index in [-0.39, 0.29) is 6.04 Å². The van der Waals surface area contributed by atoms with Crippen molar-refractivity contribution in [3.63, 3.8) is 0 Å². The maximum Gasteiger partial charge on any atom is 0.123 e. The van der Waals surface area contributed by atoms with E-state index in [1.807, 2.05) is 48.3 Å². The molecule has 24 heavy (non-hydrogen) atoms. The van der Waals surface area contributed by atoms with Crippen molar-refractivity contribution in [3.8, 4) is 6.07 Å². The highest BCUT2D eigenvalue weighted by Crippen LogP contribution is 2.21. The molecule has 5 heteroatoms. The standard InChI is InChI=1S/C19H25N5/c1-22-16-17(15-21-22)6-5-9-23-10-12-24(13-11-23)19(14-20)18-7-3-2-4-8-18/h2-4,7-8,15-16,19H,5-6,9-13H2,1H3/t19-/m1/s1. The Morgan fingerprint density at radius 3 is 2.54 bits per heavy atom. The minimum atomic E-state index is -0.122. The molecule has 3 rings (SSSR count). The zero-order valence-corrected chi connectivity index (χ0v) is 14.3. The van der Waals surface area contributed by atoms with E-state index >= 15 is 0 Å². The van der Waals surface area contributed by atoms with Crippen molar-refractivity contribution in [1.82, 2.24) is 19.6 Å². The van der Waals surface area contributed by atoms with Gasteiger partial charge in [-0.3, -0.25) is 9.58 Å². The molecule has 126 valence electrons. The normalized spacial score (nSPS) is 17.5. The van der Waals surface area contributed by atoms with Crippen LogP contribution in [0.5, 0.6) is 0 Å². The molecule has 1 fully saturated rings. The first-order chi connectivity index (χ1) is 11.8. The summed E-state index contributed by atoms with van der Waals surface area (Å²) in [6, 6.07) is 12.5. The van der Waals surface area contributed by atoms with Gasteiger partial charge in [-0.15, -0.1) is 0 Å². The number of aryl methyl sites for hydroxylation is 2. The molecule has 2 aromatic rings. The first-order valence-corrected chi connectivity index (χ1v) is 8.65. The molecule has 0 aliphatic carbocycles. The zero-order chi connectivity index (χ0) is 16.8. The number of rotatable bonds is 6. The molecule has 1 saturated heterocycles. The number of nitriles is 1. The topological polar surface area (TPSA) is 48.1 Å². The van der Waals surface area contributed by atoms with Crippen LogP contribution in [0.1, 0.15) is 23.6 Å². The summed E-state index contributed by atoms with van der Waals surface area (Å²) in [6.07, 6.45) is 6.29. The molecule has 2 heterocycles. The summed E-state index contributed by atoms with van der Waals surface area (Å²) < 4.78 is 1.86. The Morgan fingerprint density at radius 1 is 1.17 bits per heavy atom. The lowest BCUT2D eigenvalue weighted by molar-refractivity contribution is 0.113. The van der Waals surface area contributed by atoms with E-state index in [1.165, 1.54) is 5.56 Å². The van der Waals surface area contributed by atoms with Crippen LogP contribution in [0.25, 0.3) is 0 Å². The summed E-state index contributed by atoms with van der Waals surface area (Å²) in [5, 5.41) is 13.8. The maximum atomic E-state index is 9.55. The Hall–Kier alpha value is -2.16. The molecule has 0 bridgehead atoms. The number of aromatic nitrogens is 2. The average molecular weight is 323 g/mol. The molecule has 0 N–H and O–H groups in total. The van der Waals surface area contributed by atoms with Crippen LogP contribution in [0.2, 0.25) is 0 Å². The average Bonchev–Trinajstić information content (AvgIpc) is 3.03. The summed E-state index contributed by atoms with van der Waals surface area (Å²) in [7, 11) is 1.96. The summed E-state index contributed by atoms with van der Waals surface area (Å²) in [6.45, 7) is 5.11. The van der Waals surface area contributed by atoms with Gasteiger partial charge in [0.2, 0.25) is 0 Å². The lowest BCUT2D eigenvalue weighted by Crippen LogP contribution is -2.47. The van der Waals surface area contributed by atoms with Crippen molar-refractivity contribution in [1.29, 1.82) is 5.26 Å². The molecule has 0 radical (unpaired) electrons. The van der Waals surface area contributed by atoms with Gasteiger partial charge in [0.05, 0.1) is 12.3 Å². The van der Waals surface area contributed by atoms with Gasteiger partial charge in [0, 0.05) is 39.4 Å². The fourth-order valence-electron chi connectivity index (χ4n) is 3.36. The monoisotopic (exact) mass is 323 g/mol. The van der Waals surface area contributed by atoms with Crippen LogP contribution in [0, 0.1) is 11.3 Å². The first kappa shape index (κ1) is 16.7. The van der Waals surface area contributed by atoms with Crippen LogP contribution in [0.15, 0.2) is 42.7 Å². The Morgan fingerprint density at radius 2 is 1.92 bits per heavy atom. The fourth-order valence-corrected chi connectivity index (χ4v) is 3.36. The lowest BCUT2D eigenvalue weighted by Gasteiger charge is -2.37. The third-order valence-electron chi connectivity index (χ3n) is 4.71. The Kier molecular flexibility index (Phi) is 5.63. The van der Waals surface area contributed by atoms with Crippen LogP contribution in [-0.4, -0.2) is 52.3 Å². The summed E-state index contributed by atoms with van der Waals surface area (Å²) in [5.74, 6) is 0. The van der Waals surface area contributed by atoms with Gasteiger partial charge in [-0.1, -0.05) is 30.3 Å². The van der Waals surface area contributed by atoms with Gasteiger partial charge >= 0.3 is 0 Å². The molecule has 1 aliphatic heterocycles. The predicted molar refractivity (Wildman–Crippen MR) is 94.3 cm³/mol. The summed E-state index contributed by atoms with van der Waals surface area (Å²) in [4.78, 5) is 4.80. The molecule has 5 nitrogen and oxygen atoms in total. The van der Waals surface area contributed by atoms with Crippen LogP contribution in [0.3, 0.4) is 0 Å². The Labute approximate surface area is 144 Å². The largest absolute Gasteiger partial charge is 0.301 e. The second-order valence-corrected chi connectivity index (χ2v) is 6.45. The SMILES string of the molecule is Cn1cc(CCCN2CCN([C@H](C#N)c3ccccc3)CC2)cn1. The zero-order valence-electron chi connectivity index (χ0n) is 14.3. The molecule has 1 aromatic carbocycles. The second-order valence-electron chi connectivity index (χ2n) is 6.45. The smallest absolute Gasteiger partial charge is 0.123 e. The molecule has 0 unspecified atom stereocenters. The van der Waals surface area contributed by atoms with Gasteiger partial charge in [-0.05, 0) is 30.5 Å².